The van der Waals surface area contributed by atoms with Gasteiger partial charge in [0.1, 0.15) is 19.3 Å². The molecule has 0 saturated heterocycles. The van der Waals surface area contributed by atoms with E-state index in [4.69, 9.17) is 13.8 Å². The number of ether oxygens (including phenoxy) is 1. The zero-order valence-corrected chi connectivity index (χ0v) is 52.0. The van der Waals surface area contributed by atoms with Crippen molar-refractivity contribution in [3.05, 3.63) is 109 Å². The number of carbonyl (C=O) groups is 2. The molecule has 0 aliphatic rings. The van der Waals surface area contributed by atoms with E-state index >= 15 is 0 Å². The maximum atomic E-state index is 13.5. The number of hydrogen-bond acceptors (Lipinski definition) is 7. The lowest BCUT2D eigenvalue weighted by Gasteiger charge is -2.30. The molecular formula is C68H119N2O7P. The van der Waals surface area contributed by atoms with E-state index in [-0.39, 0.29) is 24.9 Å². The van der Waals surface area contributed by atoms with E-state index in [1.54, 1.807) is 0 Å². The summed E-state index contributed by atoms with van der Waals surface area (Å²) in [5.41, 5.74) is 0. The molecule has 0 aromatic heterocycles. The average molecular weight is 1110 g/mol. The van der Waals surface area contributed by atoms with Gasteiger partial charge in [-0.25, -0.2) is 0 Å². The molecule has 0 rings (SSSR count). The maximum absolute atomic E-state index is 13.5. The number of nitrogens with one attached hydrogen (secondary N) is 1. The Hall–Kier alpha value is -3.33. The van der Waals surface area contributed by atoms with Crippen LogP contribution >= 0.6 is 7.82 Å². The van der Waals surface area contributed by atoms with Gasteiger partial charge in [0.25, 0.3) is 7.82 Å². The minimum absolute atomic E-state index is 0.0340. The van der Waals surface area contributed by atoms with Crippen LogP contribution in [-0.4, -0.2) is 69.4 Å². The van der Waals surface area contributed by atoms with Gasteiger partial charge in [0.15, 0.2) is 0 Å². The van der Waals surface area contributed by atoms with Crippen molar-refractivity contribution in [1.29, 1.82) is 0 Å². The molecule has 10 heteroatoms. The van der Waals surface area contributed by atoms with Crippen LogP contribution in [0.2, 0.25) is 0 Å². The summed E-state index contributed by atoms with van der Waals surface area (Å²) in [6, 6.07) is -0.911. The van der Waals surface area contributed by atoms with Crippen LogP contribution in [0.5, 0.6) is 0 Å². The first kappa shape index (κ1) is 74.7. The number of likely N-dealkylation sites (N-methyl/N-ethyl adjacent to an activating group) is 1. The molecule has 1 N–H and O–H groups in total. The summed E-state index contributed by atoms with van der Waals surface area (Å²) in [4.78, 5) is 40.0. The van der Waals surface area contributed by atoms with Crippen molar-refractivity contribution in [3.8, 4) is 0 Å². The first-order chi connectivity index (χ1) is 37.9. The standard InChI is InChI=1S/C68H119N2O7P/c1-7-10-13-16-19-22-25-28-30-32-33-34-35-36-37-39-40-42-45-48-51-54-57-60-67(71)69-65(64-76-78(73,74)75-63-62-70(4,5)6)66(59-56-53-50-47-44-27-24-21-18-15-12-9-3)77-68(72)61-58-55-52-49-46-43-41-38-31-29-26-23-20-17-14-11-8-2/h10,13,19-20,22-23,28-31,33-34,36-37,41,43,56,59,65-66H,7-9,11-12,14-18,21,24-27,32,35,38-40,42,44-55,57-58,60-64H2,1-6H3,(H-,69,71,73,74)/b13-10-,22-19-,23-20-,30-28-,31-29-,34-33-,37-36-,43-41-,59-56-. The highest BCUT2D eigenvalue weighted by Crippen LogP contribution is 2.38. The average Bonchev–Trinajstić information content (AvgIpc) is 3.40. The molecule has 1 amide bonds. The second-order valence-electron chi connectivity index (χ2n) is 22.2. The molecule has 0 fully saturated rings. The van der Waals surface area contributed by atoms with Crippen molar-refractivity contribution >= 4 is 19.7 Å². The number of rotatable bonds is 56. The van der Waals surface area contributed by atoms with E-state index in [1.165, 1.54) is 96.3 Å². The van der Waals surface area contributed by atoms with Crippen LogP contribution in [0.15, 0.2) is 109 Å². The fourth-order valence-corrected chi connectivity index (χ4v) is 9.28. The van der Waals surface area contributed by atoms with Gasteiger partial charge in [-0.05, 0) is 115 Å². The lowest BCUT2D eigenvalue weighted by atomic mass is 10.0. The van der Waals surface area contributed by atoms with Crippen molar-refractivity contribution in [1.82, 2.24) is 5.32 Å². The molecule has 0 saturated carbocycles. The highest BCUT2D eigenvalue weighted by molar-refractivity contribution is 7.45. The molecule has 0 aromatic carbocycles. The number of unbranched alkanes of at least 4 members (excludes halogenated alkanes) is 24. The van der Waals surface area contributed by atoms with Gasteiger partial charge in [-0.1, -0.05) is 240 Å². The SMILES string of the molecule is CC/C=C\C/C=C\C/C=C\C/C=C\C/C=C\CCCCCCCCCC(=O)NC(COP(=O)([O-])OCC[N+](C)(C)C)C(/C=C\CCCCCCCCCCCC)OC(=O)CCCCCC/C=C\C/C=C\C/C=C\CCCCC. The van der Waals surface area contributed by atoms with Crippen LogP contribution in [0.4, 0.5) is 0 Å². The Labute approximate surface area is 481 Å². The number of phosphoric ester groups is 1. The fraction of sp³-hybridized carbons (Fsp3) is 0.706. The minimum atomic E-state index is -4.71. The van der Waals surface area contributed by atoms with Crippen molar-refractivity contribution in [2.75, 3.05) is 40.9 Å². The Morgan fingerprint density at radius 1 is 0.462 bits per heavy atom. The maximum Gasteiger partial charge on any atom is 0.306 e. The number of phosphoric acid groups is 1. The molecule has 0 aromatic rings. The summed E-state index contributed by atoms with van der Waals surface area (Å²) in [6.07, 6.45) is 77.6. The smallest absolute Gasteiger partial charge is 0.306 e. The van der Waals surface area contributed by atoms with Crippen LogP contribution in [0.1, 0.15) is 258 Å². The van der Waals surface area contributed by atoms with E-state index in [0.29, 0.717) is 23.9 Å². The first-order valence-corrected chi connectivity index (χ1v) is 33.2. The Morgan fingerprint density at radius 2 is 0.821 bits per heavy atom. The third-order valence-electron chi connectivity index (χ3n) is 13.4. The van der Waals surface area contributed by atoms with E-state index in [0.717, 1.165) is 122 Å². The molecule has 78 heavy (non-hydrogen) atoms. The molecule has 0 bridgehead atoms. The third-order valence-corrected chi connectivity index (χ3v) is 14.4. The highest BCUT2D eigenvalue weighted by atomic mass is 31.2. The molecule has 3 unspecified atom stereocenters. The Bertz CT molecular complexity index is 1700. The molecular weight excluding hydrogens is 988 g/mol. The normalized spacial score (nSPS) is 14.4. The lowest BCUT2D eigenvalue weighted by Crippen LogP contribution is -2.47. The van der Waals surface area contributed by atoms with E-state index in [1.807, 2.05) is 33.3 Å². The Morgan fingerprint density at radius 3 is 1.26 bits per heavy atom. The van der Waals surface area contributed by atoms with Gasteiger partial charge in [-0.15, -0.1) is 0 Å². The number of amides is 1. The van der Waals surface area contributed by atoms with Gasteiger partial charge in [0.05, 0.1) is 33.8 Å². The molecule has 0 aliphatic carbocycles. The van der Waals surface area contributed by atoms with Crippen LogP contribution in [-0.2, 0) is 27.9 Å². The summed E-state index contributed by atoms with van der Waals surface area (Å²) in [6.45, 7) is 6.67. The number of nitrogens with zero attached hydrogens (tertiary/aromatic N) is 1. The number of carbonyl (C=O) groups excluding carboxylic acids is 2. The number of hydrogen-bond donors (Lipinski definition) is 1. The predicted molar refractivity (Wildman–Crippen MR) is 334 cm³/mol. The fourth-order valence-electron chi connectivity index (χ4n) is 8.55. The molecule has 448 valence electrons. The van der Waals surface area contributed by atoms with E-state index in [9.17, 15) is 19.0 Å². The topological polar surface area (TPSA) is 114 Å². The van der Waals surface area contributed by atoms with Crippen LogP contribution < -0.4 is 10.2 Å². The molecule has 0 radical (unpaired) electrons. The summed E-state index contributed by atoms with van der Waals surface area (Å²) in [5.74, 6) is -0.584. The Kier molecular flexibility index (Phi) is 54.5. The minimum Gasteiger partial charge on any atom is -0.756 e. The second kappa shape index (κ2) is 56.9. The molecule has 0 aliphatic heterocycles. The van der Waals surface area contributed by atoms with Crippen molar-refractivity contribution in [2.24, 2.45) is 0 Å². The summed E-state index contributed by atoms with van der Waals surface area (Å²) >= 11 is 0. The molecule has 0 spiro atoms. The number of esters is 1. The van der Waals surface area contributed by atoms with E-state index < -0.39 is 26.6 Å². The predicted octanol–water partition coefficient (Wildman–Crippen LogP) is 19.1. The summed E-state index contributed by atoms with van der Waals surface area (Å²) in [5, 5.41) is 3.02. The van der Waals surface area contributed by atoms with Crippen molar-refractivity contribution in [3.63, 3.8) is 0 Å². The van der Waals surface area contributed by atoms with Gasteiger partial charge in [0, 0.05) is 12.8 Å². The summed E-state index contributed by atoms with van der Waals surface area (Å²) in [7, 11) is 1.15. The first-order valence-electron chi connectivity index (χ1n) is 31.7. The van der Waals surface area contributed by atoms with Gasteiger partial charge in [0.2, 0.25) is 5.91 Å². The largest absolute Gasteiger partial charge is 0.756 e. The van der Waals surface area contributed by atoms with E-state index in [2.05, 4.69) is 123 Å². The van der Waals surface area contributed by atoms with Crippen molar-refractivity contribution < 1.29 is 37.3 Å². The molecule has 3 atom stereocenters. The third kappa shape index (κ3) is 57.4. The van der Waals surface area contributed by atoms with Gasteiger partial charge in [-0.2, -0.15) is 0 Å². The molecule has 0 heterocycles. The quantitative estimate of drug-likeness (QED) is 0.0212. The highest BCUT2D eigenvalue weighted by Gasteiger charge is 2.27. The Balaban J connectivity index is 5.28. The monoisotopic (exact) mass is 1110 g/mol. The lowest BCUT2D eigenvalue weighted by molar-refractivity contribution is -0.870. The zero-order valence-electron chi connectivity index (χ0n) is 51.1. The van der Waals surface area contributed by atoms with Crippen LogP contribution in [0, 0.1) is 0 Å². The number of allylic oxidation sites excluding steroid dienone is 17. The number of quaternary nitrogens is 1. The van der Waals surface area contributed by atoms with Gasteiger partial charge in [-0.3, -0.25) is 14.2 Å². The summed E-state index contributed by atoms with van der Waals surface area (Å²) < 4.78 is 30.3. The second-order valence-corrected chi connectivity index (χ2v) is 23.6. The zero-order chi connectivity index (χ0) is 57.2. The van der Waals surface area contributed by atoms with Gasteiger partial charge < -0.3 is 28.5 Å². The van der Waals surface area contributed by atoms with Crippen LogP contribution in [0.25, 0.3) is 0 Å². The van der Waals surface area contributed by atoms with Crippen LogP contribution in [0.3, 0.4) is 0 Å². The van der Waals surface area contributed by atoms with Gasteiger partial charge >= 0.3 is 5.97 Å². The molecule has 9 nitrogen and oxygen atoms in total. The van der Waals surface area contributed by atoms with Crippen molar-refractivity contribution in [2.45, 2.75) is 270 Å².